The molecule has 0 saturated heterocycles. The number of alkyl halides is 1. The molecule has 1 amide bonds. The standard InChI is InChI=1S/C10H20FNO2/c1-8(2,11)7(13)12-9(3,4)10(5,6)14/h14H,1-6H3,(H,12,13). The van der Waals surface area contributed by atoms with Crippen LogP contribution in [0.3, 0.4) is 0 Å². The summed E-state index contributed by atoms with van der Waals surface area (Å²) >= 11 is 0. The fourth-order valence-electron chi connectivity index (χ4n) is 0.585. The fraction of sp³-hybridized carbons (Fsp3) is 0.900. The van der Waals surface area contributed by atoms with E-state index >= 15 is 0 Å². The minimum atomic E-state index is -1.93. The largest absolute Gasteiger partial charge is 0.388 e. The second kappa shape index (κ2) is 3.50. The van der Waals surface area contributed by atoms with E-state index in [1.807, 2.05) is 0 Å². The summed E-state index contributed by atoms with van der Waals surface area (Å²) < 4.78 is 13.2. The Labute approximate surface area is 84.7 Å². The van der Waals surface area contributed by atoms with Crippen molar-refractivity contribution in [2.24, 2.45) is 0 Å². The van der Waals surface area contributed by atoms with Gasteiger partial charge in [-0.1, -0.05) is 0 Å². The van der Waals surface area contributed by atoms with E-state index in [4.69, 9.17) is 0 Å². The Hall–Kier alpha value is -0.640. The Kier molecular flexibility index (Phi) is 3.34. The summed E-state index contributed by atoms with van der Waals surface area (Å²) in [6.07, 6.45) is 0. The molecule has 0 bridgehead atoms. The molecule has 3 nitrogen and oxygen atoms in total. The zero-order valence-electron chi connectivity index (χ0n) is 9.73. The van der Waals surface area contributed by atoms with Crippen LogP contribution in [0.25, 0.3) is 0 Å². The average Bonchev–Trinajstić information content (AvgIpc) is 1.80. The minimum Gasteiger partial charge on any atom is -0.388 e. The van der Waals surface area contributed by atoms with Gasteiger partial charge in [0.2, 0.25) is 0 Å². The Balaban J connectivity index is 4.62. The first kappa shape index (κ1) is 13.4. The van der Waals surface area contributed by atoms with E-state index in [0.29, 0.717) is 0 Å². The zero-order valence-corrected chi connectivity index (χ0v) is 9.73. The van der Waals surface area contributed by atoms with E-state index in [2.05, 4.69) is 5.32 Å². The highest BCUT2D eigenvalue weighted by Crippen LogP contribution is 2.22. The fourth-order valence-corrected chi connectivity index (χ4v) is 0.585. The molecule has 0 aliphatic heterocycles. The topological polar surface area (TPSA) is 49.3 Å². The first-order valence-electron chi connectivity index (χ1n) is 4.62. The number of nitrogens with one attached hydrogen (secondary N) is 1. The molecule has 0 unspecified atom stereocenters. The maximum atomic E-state index is 13.2. The van der Waals surface area contributed by atoms with Gasteiger partial charge < -0.3 is 10.4 Å². The number of amides is 1. The van der Waals surface area contributed by atoms with Crippen molar-refractivity contribution in [1.82, 2.24) is 5.32 Å². The van der Waals surface area contributed by atoms with E-state index in [9.17, 15) is 14.3 Å². The maximum absolute atomic E-state index is 13.2. The smallest absolute Gasteiger partial charge is 0.257 e. The lowest BCUT2D eigenvalue weighted by Crippen LogP contribution is -2.60. The van der Waals surface area contributed by atoms with Gasteiger partial charge in [0, 0.05) is 0 Å². The van der Waals surface area contributed by atoms with Crippen molar-refractivity contribution in [2.45, 2.75) is 58.4 Å². The summed E-state index contributed by atoms with van der Waals surface area (Å²) in [4.78, 5) is 11.3. The second-order valence-electron chi connectivity index (χ2n) is 5.11. The normalized spacial score (nSPS) is 14.0. The lowest BCUT2D eigenvalue weighted by Gasteiger charge is -2.39. The van der Waals surface area contributed by atoms with Gasteiger partial charge in [0.05, 0.1) is 11.1 Å². The molecule has 0 aliphatic carbocycles. The number of hydrogen-bond acceptors (Lipinski definition) is 2. The van der Waals surface area contributed by atoms with Gasteiger partial charge in [0.25, 0.3) is 5.91 Å². The van der Waals surface area contributed by atoms with Crippen molar-refractivity contribution in [3.63, 3.8) is 0 Å². The van der Waals surface area contributed by atoms with Crippen LogP contribution in [-0.2, 0) is 4.79 Å². The van der Waals surface area contributed by atoms with Crippen LogP contribution in [0.2, 0.25) is 0 Å². The molecule has 0 radical (unpaired) electrons. The Morgan fingerprint density at radius 1 is 1.14 bits per heavy atom. The van der Waals surface area contributed by atoms with E-state index in [-0.39, 0.29) is 0 Å². The Morgan fingerprint density at radius 3 is 1.71 bits per heavy atom. The summed E-state index contributed by atoms with van der Waals surface area (Å²) in [5.74, 6) is -0.718. The van der Waals surface area contributed by atoms with Gasteiger partial charge in [0.1, 0.15) is 0 Å². The lowest BCUT2D eigenvalue weighted by molar-refractivity contribution is -0.135. The van der Waals surface area contributed by atoms with Crippen LogP contribution in [-0.4, -0.2) is 27.8 Å². The number of aliphatic hydroxyl groups is 1. The van der Waals surface area contributed by atoms with Crippen LogP contribution in [0.15, 0.2) is 0 Å². The van der Waals surface area contributed by atoms with Crippen molar-refractivity contribution in [2.75, 3.05) is 0 Å². The quantitative estimate of drug-likeness (QED) is 0.731. The van der Waals surface area contributed by atoms with E-state index in [1.54, 1.807) is 27.7 Å². The number of hydrogen-bond donors (Lipinski definition) is 2. The number of carbonyl (C=O) groups excluding carboxylic acids is 1. The van der Waals surface area contributed by atoms with E-state index < -0.39 is 22.7 Å². The first-order valence-corrected chi connectivity index (χ1v) is 4.62. The molecule has 0 fully saturated rings. The molecule has 4 heteroatoms. The molecule has 0 atom stereocenters. The predicted octanol–water partition coefficient (Wildman–Crippen LogP) is 1.40. The molecule has 0 aromatic heterocycles. The third-order valence-electron chi connectivity index (χ3n) is 2.50. The van der Waals surface area contributed by atoms with Gasteiger partial charge in [0.15, 0.2) is 5.67 Å². The molecule has 0 aromatic carbocycles. The van der Waals surface area contributed by atoms with Gasteiger partial charge in [-0.3, -0.25) is 4.79 Å². The molecule has 0 saturated carbocycles. The van der Waals surface area contributed by atoms with Crippen LogP contribution in [0, 0.1) is 0 Å². The highest BCUT2D eigenvalue weighted by Gasteiger charge is 2.39. The van der Waals surface area contributed by atoms with Crippen LogP contribution in [0.5, 0.6) is 0 Å². The van der Waals surface area contributed by atoms with Gasteiger partial charge in [-0.05, 0) is 41.5 Å². The van der Waals surface area contributed by atoms with Crippen LogP contribution >= 0.6 is 0 Å². The molecule has 0 aliphatic rings. The molecule has 0 spiro atoms. The maximum Gasteiger partial charge on any atom is 0.257 e. The lowest BCUT2D eigenvalue weighted by atomic mass is 9.85. The van der Waals surface area contributed by atoms with Crippen molar-refractivity contribution in [1.29, 1.82) is 0 Å². The number of halogens is 1. The molecular formula is C10H20FNO2. The molecule has 0 heterocycles. The summed E-state index contributed by atoms with van der Waals surface area (Å²) in [5.41, 5.74) is -3.90. The second-order valence-corrected chi connectivity index (χ2v) is 5.11. The Morgan fingerprint density at radius 2 is 1.50 bits per heavy atom. The SMILES string of the molecule is CC(C)(F)C(=O)NC(C)(C)C(C)(C)O. The highest BCUT2D eigenvalue weighted by atomic mass is 19.1. The zero-order chi connectivity index (χ0) is 11.8. The summed E-state index contributed by atoms with van der Waals surface area (Å²) in [7, 11) is 0. The summed E-state index contributed by atoms with van der Waals surface area (Å²) in [5, 5.41) is 12.2. The monoisotopic (exact) mass is 205 g/mol. The first-order chi connectivity index (χ1) is 5.88. The van der Waals surface area contributed by atoms with Crippen molar-refractivity contribution < 1.29 is 14.3 Å². The molecule has 0 aromatic rings. The Bertz CT molecular complexity index is 223. The predicted molar refractivity (Wildman–Crippen MR) is 53.7 cm³/mol. The molecule has 14 heavy (non-hydrogen) atoms. The molecule has 84 valence electrons. The average molecular weight is 205 g/mol. The molecule has 0 rings (SSSR count). The summed E-state index contributed by atoms with van der Waals surface area (Å²) in [6.45, 7) is 8.80. The number of rotatable bonds is 3. The number of carbonyl (C=O) groups is 1. The van der Waals surface area contributed by atoms with Gasteiger partial charge in [-0.2, -0.15) is 0 Å². The van der Waals surface area contributed by atoms with Crippen molar-refractivity contribution in [3.05, 3.63) is 0 Å². The van der Waals surface area contributed by atoms with Crippen molar-refractivity contribution in [3.8, 4) is 0 Å². The van der Waals surface area contributed by atoms with Crippen molar-refractivity contribution >= 4 is 5.91 Å². The van der Waals surface area contributed by atoms with Gasteiger partial charge in [-0.15, -0.1) is 0 Å². The molecular weight excluding hydrogens is 185 g/mol. The van der Waals surface area contributed by atoms with Crippen LogP contribution < -0.4 is 5.32 Å². The summed E-state index contributed by atoms with van der Waals surface area (Å²) in [6, 6.07) is 0. The van der Waals surface area contributed by atoms with E-state index in [0.717, 1.165) is 0 Å². The van der Waals surface area contributed by atoms with Crippen LogP contribution in [0.4, 0.5) is 4.39 Å². The van der Waals surface area contributed by atoms with Crippen LogP contribution in [0.1, 0.15) is 41.5 Å². The highest BCUT2D eigenvalue weighted by molar-refractivity contribution is 5.84. The third kappa shape index (κ3) is 3.25. The van der Waals surface area contributed by atoms with Gasteiger partial charge in [-0.25, -0.2) is 4.39 Å². The van der Waals surface area contributed by atoms with E-state index in [1.165, 1.54) is 13.8 Å². The minimum absolute atomic E-state index is 0.718. The molecule has 2 N–H and O–H groups in total. The third-order valence-corrected chi connectivity index (χ3v) is 2.50. The van der Waals surface area contributed by atoms with Gasteiger partial charge >= 0.3 is 0 Å².